The van der Waals surface area contributed by atoms with Gasteiger partial charge in [0.2, 0.25) is 5.91 Å². The lowest BCUT2D eigenvalue weighted by atomic mass is 10.3. The molecule has 4 nitrogen and oxygen atoms in total. The Morgan fingerprint density at radius 3 is 3.07 bits per heavy atom. The van der Waals surface area contributed by atoms with E-state index in [1.165, 1.54) is 6.08 Å². The highest BCUT2D eigenvalue weighted by Crippen LogP contribution is 2.12. The number of nitrogens with zero attached hydrogens (tertiary/aromatic N) is 2. The molecular formula is C11H11N3O. The Kier molecular flexibility index (Phi) is 2.25. The zero-order chi connectivity index (χ0) is 10.8. The summed E-state index contributed by atoms with van der Waals surface area (Å²) >= 11 is 0. The Morgan fingerprint density at radius 2 is 2.33 bits per heavy atom. The molecule has 0 aliphatic heterocycles. The highest BCUT2D eigenvalue weighted by Gasteiger charge is 2.04. The van der Waals surface area contributed by atoms with Crippen LogP contribution >= 0.6 is 0 Å². The zero-order valence-corrected chi connectivity index (χ0v) is 8.34. The van der Waals surface area contributed by atoms with Crippen LogP contribution in [-0.2, 0) is 4.79 Å². The highest BCUT2D eigenvalue weighted by atomic mass is 16.1. The molecule has 0 aromatic carbocycles. The van der Waals surface area contributed by atoms with Crippen LogP contribution in [0.25, 0.3) is 11.7 Å². The minimum Gasteiger partial charge on any atom is -0.366 e. The first kappa shape index (κ1) is 9.45. The van der Waals surface area contributed by atoms with E-state index in [2.05, 4.69) is 4.98 Å². The van der Waals surface area contributed by atoms with Crippen molar-refractivity contribution in [3.63, 3.8) is 0 Å². The van der Waals surface area contributed by atoms with Crippen molar-refractivity contribution in [2.24, 2.45) is 5.73 Å². The van der Waals surface area contributed by atoms with Gasteiger partial charge in [-0.1, -0.05) is 6.07 Å². The standard InChI is InChI=1S/C11H11N3O/c1-8-9(5-6-10(12)15)14-7-3-2-4-11(14)13-8/h2-7H,1H3,(H2,12,15)/b6-5+. The first-order valence-corrected chi connectivity index (χ1v) is 4.59. The maximum atomic E-state index is 10.6. The van der Waals surface area contributed by atoms with Gasteiger partial charge in [-0.2, -0.15) is 0 Å². The number of amides is 1. The van der Waals surface area contributed by atoms with Gasteiger partial charge in [-0.25, -0.2) is 4.98 Å². The lowest BCUT2D eigenvalue weighted by molar-refractivity contribution is -0.113. The number of pyridine rings is 1. The van der Waals surface area contributed by atoms with E-state index in [1.54, 1.807) is 6.08 Å². The molecule has 0 spiro atoms. The van der Waals surface area contributed by atoms with Crippen LogP contribution in [0.2, 0.25) is 0 Å². The first-order valence-electron chi connectivity index (χ1n) is 4.59. The fraction of sp³-hybridized carbons (Fsp3) is 0.0909. The van der Waals surface area contributed by atoms with Gasteiger partial charge in [0.1, 0.15) is 5.65 Å². The number of rotatable bonds is 2. The lowest BCUT2D eigenvalue weighted by Gasteiger charge is -1.95. The molecule has 2 rings (SSSR count). The van der Waals surface area contributed by atoms with E-state index < -0.39 is 5.91 Å². The van der Waals surface area contributed by atoms with E-state index in [4.69, 9.17) is 5.73 Å². The van der Waals surface area contributed by atoms with Crippen molar-refractivity contribution in [3.05, 3.63) is 41.9 Å². The average molecular weight is 201 g/mol. The number of carbonyl (C=O) groups is 1. The molecule has 0 radical (unpaired) electrons. The Balaban J connectivity index is 2.59. The largest absolute Gasteiger partial charge is 0.366 e. The second-order valence-corrected chi connectivity index (χ2v) is 3.25. The smallest absolute Gasteiger partial charge is 0.241 e. The van der Waals surface area contributed by atoms with E-state index >= 15 is 0 Å². The molecule has 0 bridgehead atoms. The van der Waals surface area contributed by atoms with Gasteiger partial charge in [-0.15, -0.1) is 0 Å². The van der Waals surface area contributed by atoms with Gasteiger partial charge in [0.05, 0.1) is 11.4 Å². The molecule has 76 valence electrons. The van der Waals surface area contributed by atoms with Gasteiger partial charge in [0.25, 0.3) is 0 Å². The van der Waals surface area contributed by atoms with E-state index in [0.717, 1.165) is 17.0 Å². The number of aryl methyl sites for hydroxylation is 1. The number of aromatic nitrogens is 2. The van der Waals surface area contributed by atoms with Crippen molar-refractivity contribution in [1.29, 1.82) is 0 Å². The van der Waals surface area contributed by atoms with E-state index in [-0.39, 0.29) is 0 Å². The minimum atomic E-state index is -0.458. The van der Waals surface area contributed by atoms with E-state index in [1.807, 2.05) is 35.7 Å². The molecule has 0 saturated heterocycles. The van der Waals surface area contributed by atoms with Crippen LogP contribution in [0.1, 0.15) is 11.4 Å². The molecule has 0 unspecified atom stereocenters. The maximum Gasteiger partial charge on any atom is 0.241 e. The van der Waals surface area contributed by atoms with Crippen LogP contribution in [0.5, 0.6) is 0 Å². The SMILES string of the molecule is Cc1nc2ccccn2c1/C=C/C(N)=O. The summed E-state index contributed by atoms with van der Waals surface area (Å²) in [5, 5.41) is 0. The molecule has 0 aliphatic rings. The Morgan fingerprint density at radius 1 is 1.53 bits per heavy atom. The van der Waals surface area contributed by atoms with Gasteiger partial charge >= 0.3 is 0 Å². The maximum absolute atomic E-state index is 10.6. The summed E-state index contributed by atoms with van der Waals surface area (Å²) < 4.78 is 1.91. The molecule has 0 aliphatic carbocycles. The molecule has 0 saturated carbocycles. The van der Waals surface area contributed by atoms with Crippen molar-refractivity contribution in [3.8, 4) is 0 Å². The summed E-state index contributed by atoms with van der Waals surface area (Å²) in [7, 11) is 0. The third kappa shape index (κ3) is 1.74. The highest BCUT2D eigenvalue weighted by molar-refractivity contribution is 5.90. The molecule has 15 heavy (non-hydrogen) atoms. The Bertz CT molecular complexity index is 540. The zero-order valence-electron chi connectivity index (χ0n) is 8.34. The molecule has 2 aromatic heterocycles. The lowest BCUT2D eigenvalue weighted by Crippen LogP contribution is -2.05. The Hall–Kier alpha value is -2.10. The molecule has 4 heteroatoms. The third-order valence-corrected chi connectivity index (χ3v) is 2.16. The van der Waals surface area contributed by atoms with Crippen LogP contribution in [0, 0.1) is 6.92 Å². The average Bonchev–Trinajstić information content (AvgIpc) is 2.50. The van der Waals surface area contributed by atoms with Gasteiger partial charge in [-0.3, -0.25) is 4.79 Å². The number of carbonyl (C=O) groups excluding carboxylic acids is 1. The second kappa shape index (κ2) is 3.57. The van der Waals surface area contributed by atoms with Crippen molar-refractivity contribution in [2.45, 2.75) is 6.92 Å². The van der Waals surface area contributed by atoms with Crippen LogP contribution in [0.4, 0.5) is 0 Å². The number of fused-ring (bicyclic) bond motifs is 1. The summed E-state index contributed by atoms with van der Waals surface area (Å²) in [6.07, 6.45) is 4.91. The molecular weight excluding hydrogens is 190 g/mol. The van der Waals surface area contributed by atoms with Crippen LogP contribution in [0.15, 0.2) is 30.5 Å². The summed E-state index contributed by atoms with van der Waals surface area (Å²) in [6, 6.07) is 5.74. The van der Waals surface area contributed by atoms with Gasteiger partial charge in [0, 0.05) is 12.3 Å². The summed E-state index contributed by atoms with van der Waals surface area (Å²) in [6.45, 7) is 1.90. The summed E-state index contributed by atoms with van der Waals surface area (Å²) in [4.78, 5) is 15.0. The van der Waals surface area contributed by atoms with Crippen LogP contribution in [-0.4, -0.2) is 15.3 Å². The van der Waals surface area contributed by atoms with Crippen LogP contribution < -0.4 is 5.73 Å². The molecule has 2 aromatic rings. The number of hydrogen-bond donors (Lipinski definition) is 1. The fourth-order valence-electron chi connectivity index (χ4n) is 1.49. The second-order valence-electron chi connectivity index (χ2n) is 3.25. The fourth-order valence-corrected chi connectivity index (χ4v) is 1.49. The molecule has 1 amide bonds. The summed E-state index contributed by atoms with van der Waals surface area (Å²) in [5.74, 6) is -0.458. The number of hydrogen-bond acceptors (Lipinski definition) is 2. The monoisotopic (exact) mass is 201 g/mol. The van der Waals surface area contributed by atoms with Gasteiger partial charge < -0.3 is 10.1 Å². The molecule has 0 atom stereocenters. The number of nitrogens with two attached hydrogens (primary N) is 1. The first-order chi connectivity index (χ1) is 7.18. The Labute approximate surface area is 87.0 Å². The van der Waals surface area contributed by atoms with Crippen molar-refractivity contribution < 1.29 is 4.79 Å². The summed E-state index contributed by atoms with van der Waals surface area (Å²) in [5.41, 5.74) is 7.66. The predicted molar refractivity (Wildman–Crippen MR) is 58.2 cm³/mol. The van der Waals surface area contributed by atoms with Crippen molar-refractivity contribution in [1.82, 2.24) is 9.38 Å². The van der Waals surface area contributed by atoms with Crippen molar-refractivity contribution in [2.75, 3.05) is 0 Å². The third-order valence-electron chi connectivity index (χ3n) is 2.16. The molecule has 2 heterocycles. The predicted octanol–water partition coefficient (Wildman–Crippen LogP) is 1.14. The minimum absolute atomic E-state index is 0.458. The van der Waals surface area contributed by atoms with E-state index in [9.17, 15) is 4.79 Å². The molecule has 0 fully saturated rings. The van der Waals surface area contributed by atoms with Crippen molar-refractivity contribution >= 4 is 17.6 Å². The number of primary amides is 1. The van der Waals surface area contributed by atoms with Crippen LogP contribution in [0.3, 0.4) is 0 Å². The number of imidazole rings is 1. The quantitative estimate of drug-likeness (QED) is 0.741. The molecule has 2 N–H and O–H groups in total. The topological polar surface area (TPSA) is 60.4 Å². The van der Waals surface area contributed by atoms with Gasteiger partial charge in [-0.05, 0) is 25.1 Å². The van der Waals surface area contributed by atoms with E-state index in [0.29, 0.717) is 0 Å². The normalized spacial score (nSPS) is 11.3. The van der Waals surface area contributed by atoms with Gasteiger partial charge in [0.15, 0.2) is 0 Å².